The molecule has 1 atom stereocenters. The molecule has 0 aromatic heterocycles. The molecule has 1 fully saturated rings. The molecule has 1 N–H and O–H groups in total. The van der Waals surface area contributed by atoms with E-state index in [1.54, 1.807) is 36.4 Å². The van der Waals surface area contributed by atoms with Gasteiger partial charge in [0.1, 0.15) is 18.1 Å². The van der Waals surface area contributed by atoms with Gasteiger partial charge in [0, 0.05) is 17.3 Å². The zero-order valence-electron chi connectivity index (χ0n) is 24.8. The molecule has 5 rings (SSSR count). The van der Waals surface area contributed by atoms with Crippen LogP contribution in [-0.2, 0) is 16.2 Å². The van der Waals surface area contributed by atoms with Crippen LogP contribution in [0.4, 0.5) is 5.69 Å². The van der Waals surface area contributed by atoms with Crippen molar-refractivity contribution in [3.8, 4) is 17.2 Å². The van der Waals surface area contributed by atoms with Gasteiger partial charge < -0.3 is 19.3 Å². The second-order valence-electron chi connectivity index (χ2n) is 10.3. The van der Waals surface area contributed by atoms with Crippen LogP contribution in [0, 0.1) is 13.8 Å². The first-order chi connectivity index (χ1) is 20.8. The van der Waals surface area contributed by atoms with E-state index in [-0.39, 0.29) is 11.3 Å². The molecule has 1 saturated heterocycles. The lowest BCUT2D eigenvalue weighted by Crippen LogP contribution is -2.29. The number of aryl methyl sites for hydroxylation is 2. The minimum atomic E-state index is -0.860. The van der Waals surface area contributed by atoms with Crippen molar-refractivity contribution in [1.29, 1.82) is 0 Å². The normalized spacial score (nSPS) is 15.9. The van der Waals surface area contributed by atoms with Crippen LogP contribution in [0.5, 0.6) is 17.2 Å². The first-order valence-corrected chi connectivity index (χ1v) is 14.4. The Hall–Kier alpha value is -5.04. The van der Waals surface area contributed by atoms with E-state index in [0.29, 0.717) is 53.9 Å². The molecular formula is C36H35NO6. The summed E-state index contributed by atoms with van der Waals surface area (Å²) < 4.78 is 17.5. The molecule has 1 aliphatic heterocycles. The van der Waals surface area contributed by atoms with Gasteiger partial charge in [-0.15, -0.1) is 0 Å². The van der Waals surface area contributed by atoms with Crippen molar-refractivity contribution in [3.63, 3.8) is 0 Å². The quantitative estimate of drug-likeness (QED) is 0.121. The molecule has 1 heterocycles. The monoisotopic (exact) mass is 577 g/mol. The Kier molecular flexibility index (Phi) is 8.81. The van der Waals surface area contributed by atoms with Crippen molar-refractivity contribution in [3.05, 3.63) is 124 Å². The Morgan fingerprint density at radius 2 is 1.49 bits per heavy atom. The van der Waals surface area contributed by atoms with Crippen LogP contribution in [-0.4, -0.2) is 30.0 Å². The number of carbonyl (C=O) groups excluding carboxylic acids is 2. The molecule has 43 heavy (non-hydrogen) atoms. The summed E-state index contributed by atoms with van der Waals surface area (Å²) in [4.78, 5) is 28.8. The number of rotatable bonds is 10. The van der Waals surface area contributed by atoms with Crippen molar-refractivity contribution in [2.45, 2.75) is 40.3 Å². The molecule has 7 heteroatoms. The first kappa shape index (κ1) is 29.5. The summed E-state index contributed by atoms with van der Waals surface area (Å²) in [5, 5.41) is 11.6. The van der Waals surface area contributed by atoms with Crippen LogP contribution in [0.1, 0.15) is 47.7 Å². The topological polar surface area (TPSA) is 85.3 Å². The largest absolute Gasteiger partial charge is 0.507 e. The minimum absolute atomic E-state index is 0.0137. The van der Waals surface area contributed by atoms with Crippen molar-refractivity contribution in [2.75, 3.05) is 18.1 Å². The maximum absolute atomic E-state index is 13.7. The highest BCUT2D eigenvalue weighted by atomic mass is 16.5. The van der Waals surface area contributed by atoms with Gasteiger partial charge in [-0.2, -0.15) is 0 Å². The van der Waals surface area contributed by atoms with E-state index in [9.17, 15) is 14.7 Å². The minimum Gasteiger partial charge on any atom is -0.507 e. The smallest absolute Gasteiger partial charge is 0.300 e. The molecule has 1 unspecified atom stereocenters. The molecule has 1 amide bonds. The molecule has 0 aliphatic carbocycles. The number of amides is 1. The predicted octanol–water partition coefficient (Wildman–Crippen LogP) is 7.31. The summed E-state index contributed by atoms with van der Waals surface area (Å²) in [6.07, 6.45) is 0. The SMILES string of the molecule is CCOc1ccc(N2C(=O)C(=O)/C(=C(/O)c3ccc(OCc4ccccc4)c(C)c3)C2c2cccc(C)c2)cc1OCC. The van der Waals surface area contributed by atoms with E-state index < -0.39 is 17.7 Å². The molecule has 0 spiro atoms. The highest BCUT2D eigenvalue weighted by Crippen LogP contribution is 2.44. The van der Waals surface area contributed by atoms with Crippen molar-refractivity contribution in [1.82, 2.24) is 0 Å². The third-order valence-electron chi connectivity index (χ3n) is 7.29. The predicted molar refractivity (Wildman–Crippen MR) is 167 cm³/mol. The van der Waals surface area contributed by atoms with Crippen LogP contribution >= 0.6 is 0 Å². The number of aliphatic hydroxyl groups excluding tert-OH is 1. The van der Waals surface area contributed by atoms with Crippen LogP contribution < -0.4 is 19.1 Å². The molecule has 0 saturated carbocycles. The average molecular weight is 578 g/mol. The second kappa shape index (κ2) is 12.9. The fourth-order valence-electron chi connectivity index (χ4n) is 5.29. The van der Waals surface area contributed by atoms with Crippen LogP contribution in [0.15, 0.2) is 96.6 Å². The second-order valence-corrected chi connectivity index (χ2v) is 10.3. The average Bonchev–Trinajstić information content (AvgIpc) is 3.27. The molecular weight excluding hydrogens is 542 g/mol. The van der Waals surface area contributed by atoms with Gasteiger partial charge in [-0.1, -0.05) is 60.2 Å². The summed E-state index contributed by atoms with van der Waals surface area (Å²) in [6.45, 7) is 8.80. The molecule has 4 aromatic rings. The van der Waals surface area contributed by atoms with Crippen LogP contribution in [0.3, 0.4) is 0 Å². The molecule has 220 valence electrons. The number of ketones is 1. The van der Waals surface area contributed by atoms with Gasteiger partial charge in [-0.3, -0.25) is 14.5 Å². The number of Topliss-reactive ketones (excluding diaryl/α,β-unsaturated/α-hetero) is 1. The van der Waals surface area contributed by atoms with Gasteiger partial charge in [0.25, 0.3) is 11.7 Å². The molecule has 4 aromatic carbocycles. The number of hydrogen-bond acceptors (Lipinski definition) is 6. The molecule has 7 nitrogen and oxygen atoms in total. The summed E-state index contributed by atoms with van der Waals surface area (Å²) >= 11 is 0. The summed E-state index contributed by atoms with van der Waals surface area (Å²) in [6, 6.07) is 27.0. The number of nitrogens with zero attached hydrogens (tertiary/aromatic N) is 1. The third kappa shape index (κ3) is 6.11. The Morgan fingerprint density at radius 1 is 0.767 bits per heavy atom. The standard InChI is InChI=1S/C36H35NO6/c1-5-41-30-18-16-28(21-31(30)42-6-2)37-33(26-14-10-11-23(3)19-26)32(35(39)36(37)40)34(38)27-15-17-29(24(4)20-27)43-22-25-12-8-7-9-13-25/h7-21,33,38H,5-6,22H2,1-4H3/b34-32+. The Morgan fingerprint density at radius 3 is 2.19 bits per heavy atom. The maximum atomic E-state index is 13.7. The lowest BCUT2D eigenvalue weighted by Gasteiger charge is -2.26. The molecule has 1 aliphatic rings. The third-order valence-corrected chi connectivity index (χ3v) is 7.29. The van der Waals surface area contributed by atoms with Crippen molar-refractivity contribution < 1.29 is 28.9 Å². The van der Waals surface area contributed by atoms with Crippen molar-refractivity contribution in [2.24, 2.45) is 0 Å². The Bertz CT molecular complexity index is 1680. The number of aliphatic hydroxyl groups is 1. The van der Waals surface area contributed by atoms with E-state index in [1.165, 1.54) is 4.90 Å². The number of benzene rings is 4. The zero-order valence-corrected chi connectivity index (χ0v) is 24.8. The number of anilines is 1. The summed E-state index contributed by atoms with van der Waals surface area (Å²) in [7, 11) is 0. The van der Waals surface area contributed by atoms with E-state index >= 15 is 0 Å². The fraction of sp³-hybridized carbons (Fsp3) is 0.222. The highest BCUT2D eigenvalue weighted by Gasteiger charge is 2.47. The lowest BCUT2D eigenvalue weighted by molar-refractivity contribution is -0.132. The van der Waals surface area contributed by atoms with Crippen LogP contribution in [0.25, 0.3) is 5.76 Å². The Labute approximate surface area is 252 Å². The van der Waals surface area contributed by atoms with Crippen molar-refractivity contribution >= 4 is 23.1 Å². The Balaban J connectivity index is 1.58. The summed E-state index contributed by atoms with van der Waals surface area (Å²) in [5.41, 5.74) is 4.37. The van der Waals surface area contributed by atoms with E-state index in [1.807, 2.05) is 82.3 Å². The zero-order chi connectivity index (χ0) is 30.5. The van der Waals surface area contributed by atoms with Gasteiger partial charge in [0.15, 0.2) is 11.5 Å². The number of carbonyl (C=O) groups is 2. The number of ether oxygens (including phenoxy) is 3. The van der Waals surface area contributed by atoms with Gasteiger partial charge >= 0.3 is 0 Å². The molecule has 0 radical (unpaired) electrons. The van der Waals surface area contributed by atoms with E-state index in [2.05, 4.69) is 0 Å². The molecule has 0 bridgehead atoms. The van der Waals surface area contributed by atoms with Gasteiger partial charge in [-0.05, 0) is 74.7 Å². The fourth-order valence-corrected chi connectivity index (χ4v) is 5.29. The lowest BCUT2D eigenvalue weighted by atomic mass is 9.93. The van der Waals surface area contributed by atoms with Gasteiger partial charge in [0.05, 0.1) is 24.8 Å². The first-order valence-electron chi connectivity index (χ1n) is 14.4. The van der Waals surface area contributed by atoms with E-state index in [4.69, 9.17) is 14.2 Å². The van der Waals surface area contributed by atoms with Gasteiger partial charge in [0.2, 0.25) is 0 Å². The van der Waals surface area contributed by atoms with Crippen LogP contribution in [0.2, 0.25) is 0 Å². The highest BCUT2D eigenvalue weighted by molar-refractivity contribution is 6.51. The van der Waals surface area contributed by atoms with Gasteiger partial charge in [-0.25, -0.2) is 0 Å². The summed E-state index contributed by atoms with van der Waals surface area (Å²) in [5.74, 6) is -0.0811. The number of hydrogen-bond donors (Lipinski definition) is 1. The maximum Gasteiger partial charge on any atom is 0.300 e. The van der Waals surface area contributed by atoms with E-state index in [0.717, 1.165) is 16.7 Å².